The molecule has 2 heterocycles. The van der Waals surface area contributed by atoms with Gasteiger partial charge in [0.1, 0.15) is 5.82 Å². The zero-order valence-corrected chi connectivity index (χ0v) is 20.5. The van der Waals surface area contributed by atoms with Crippen LogP contribution < -0.4 is 5.32 Å². The third-order valence-corrected chi connectivity index (χ3v) is 5.93. The van der Waals surface area contributed by atoms with E-state index in [0.717, 1.165) is 24.7 Å². The first-order valence-corrected chi connectivity index (χ1v) is 11.7. The smallest absolute Gasteiger partial charge is 0.256 e. The van der Waals surface area contributed by atoms with Crippen molar-refractivity contribution in [2.75, 3.05) is 32.0 Å². The monoisotopic (exact) mass is 484 g/mol. The summed E-state index contributed by atoms with van der Waals surface area (Å²) in [4.78, 5) is 21.1. The van der Waals surface area contributed by atoms with E-state index in [9.17, 15) is 18.0 Å². The molecule has 0 bridgehead atoms. The second kappa shape index (κ2) is 11.8. The highest BCUT2D eigenvalue weighted by atomic mass is 19.2. The number of amides is 1. The molecule has 0 unspecified atom stereocenters. The molecule has 186 valence electrons. The SMILES string of the molecule is CC.Cc1ccc(Nc2c(C(=O)N3CC(N(C)CCc4ccccn4)C3)ccc(F)c2F)c(F)c1. The Balaban J connectivity index is 0.00000167. The summed E-state index contributed by atoms with van der Waals surface area (Å²) < 4.78 is 42.8. The number of benzene rings is 2. The number of anilines is 2. The van der Waals surface area contributed by atoms with Gasteiger partial charge in [0, 0.05) is 44.0 Å². The van der Waals surface area contributed by atoms with E-state index in [1.54, 1.807) is 24.1 Å². The molecule has 1 N–H and O–H groups in total. The van der Waals surface area contributed by atoms with Gasteiger partial charge >= 0.3 is 0 Å². The molecular weight excluding hydrogens is 453 g/mol. The summed E-state index contributed by atoms with van der Waals surface area (Å²) in [6.45, 7) is 7.44. The molecule has 0 aliphatic carbocycles. The number of carbonyl (C=O) groups excluding carboxylic acids is 1. The van der Waals surface area contributed by atoms with Gasteiger partial charge in [-0.2, -0.15) is 0 Å². The zero-order valence-electron chi connectivity index (χ0n) is 20.5. The lowest BCUT2D eigenvalue weighted by Gasteiger charge is -2.44. The lowest BCUT2D eigenvalue weighted by Crippen LogP contribution is -2.60. The fourth-order valence-electron chi connectivity index (χ4n) is 3.80. The number of likely N-dealkylation sites (tertiary alicyclic amines) is 1. The Morgan fingerprint density at radius 2 is 1.83 bits per heavy atom. The topological polar surface area (TPSA) is 48.5 Å². The fraction of sp³-hybridized carbons (Fsp3) is 0.333. The highest BCUT2D eigenvalue weighted by Gasteiger charge is 2.35. The van der Waals surface area contributed by atoms with E-state index in [2.05, 4.69) is 15.2 Å². The average molecular weight is 485 g/mol. The number of aromatic nitrogens is 1. The van der Waals surface area contributed by atoms with Crippen LogP contribution in [-0.2, 0) is 6.42 Å². The number of aryl methyl sites for hydroxylation is 1. The number of nitrogens with one attached hydrogen (secondary N) is 1. The molecular formula is C27H31F3N4O. The van der Waals surface area contributed by atoms with Crippen LogP contribution in [0.4, 0.5) is 24.5 Å². The summed E-state index contributed by atoms with van der Waals surface area (Å²) >= 11 is 0. The number of rotatable bonds is 7. The minimum absolute atomic E-state index is 0.0325. The third-order valence-electron chi connectivity index (χ3n) is 5.93. The van der Waals surface area contributed by atoms with Crippen molar-refractivity contribution in [3.05, 3.63) is 89.0 Å². The normalized spacial score (nSPS) is 13.2. The zero-order chi connectivity index (χ0) is 25.5. The molecule has 0 saturated carbocycles. The van der Waals surface area contributed by atoms with E-state index < -0.39 is 23.4 Å². The molecule has 0 spiro atoms. The van der Waals surface area contributed by atoms with Crippen LogP contribution in [0, 0.1) is 24.4 Å². The number of nitrogens with zero attached hydrogens (tertiary/aromatic N) is 3. The number of hydrogen-bond acceptors (Lipinski definition) is 4. The molecule has 2 aromatic carbocycles. The van der Waals surface area contributed by atoms with Gasteiger partial charge < -0.3 is 10.2 Å². The number of carbonyl (C=O) groups is 1. The molecule has 3 aromatic rings. The molecule has 1 aliphatic heterocycles. The average Bonchev–Trinajstić information content (AvgIpc) is 2.83. The molecule has 5 nitrogen and oxygen atoms in total. The highest BCUT2D eigenvalue weighted by Crippen LogP contribution is 2.30. The standard InChI is InChI=1S/C25H25F3N4O.C2H6/c1-16-6-9-22(21(27)13-16)30-24-19(7-8-20(26)23(24)28)25(33)32-14-18(15-32)31(2)12-10-17-5-3-4-11-29-17;1-2/h3-9,11,13,18,30H,10,12,14-15H2,1-2H3;1-2H3. The van der Waals surface area contributed by atoms with Crippen LogP contribution in [0.5, 0.6) is 0 Å². The quantitative estimate of drug-likeness (QED) is 0.476. The predicted octanol–water partition coefficient (Wildman–Crippen LogP) is 5.58. The van der Waals surface area contributed by atoms with Gasteiger partial charge in [0.2, 0.25) is 0 Å². The maximum atomic E-state index is 14.6. The first-order valence-electron chi connectivity index (χ1n) is 11.7. The Bertz CT molecular complexity index is 1150. The summed E-state index contributed by atoms with van der Waals surface area (Å²) in [5.74, 6) is -3.38. The van der Waals surface area contributed by atoms with E-state index in [1.165, 1.54) is 18.2 Å². The van der Waals surface area contributed by atoms with Gasteiger partial charge in [-0.15, -0.1) is 0 Å². The van der Waals surface area contributed by atoms with Crippen LogP contribution in [0.15, 0.2) is 54.7 Å². The van der Waals surface area contributed by atoms with Gasteiger partial charge in [-0.05, 0) is 55.9 Å². The van der Waals surface area contributed by atoms with Gasteiger partial charge in [-0.3, -0.25) is 14.7 Å². The Kier molecular flexibility index (Phi) is 8.87. The first kappa shape index (κ1) is 26.2. The summed E-state index contributed by atoms with van der Waals surface area (Å²) in [6.07, 6.45) is 2.55. The number of pyridine rings is 1. The van der Waals surface area contributed by atoms with Crippen molar-refractivity contribution in [1.82, 2.24) is 14.8 Å². The highest BCUT2D eigenvalue weighted by molar-refractivity contribution is 6.01. The van der Waals surface area contributed by atoms with Gasteiger partial charge in [-0.1, -0.05) is 26.0 Å². The molecule has 1 aliphatic rings. The number of likely N-dealkylation sites (N-methyl/N-ethyl adjacent to an activating group) is 1. The van der Waals surface area contributed by atoms with Gasteiger partial charge in [0.05, 0.1) is 16.9 Å². The summed E-state index contributed by atoms with van der Waals surface area (Å²) in [5.41, 5.74) is 1.25. The van der Waals surface area contributed by atoms with Crippen molar-refractivity contribution >= 4 is 17.3 Å². The lowest BCUT2D eigenvalue weighted by atomic mass is 10.0. The van der Waals surface area contributed by atoms with Crippen LogP contribution in [0.3, 0.4) is 0 Å². The Morgan fingerprint density at radius 3 is 2.49 bits per heavy atom. The van der Waals surface area contributed by atoms with E-state index >= 15 is 0 Å². The molecule has 1 aromatic heterocycles. The van der Waals surface area contributed by atoms with E-state index in [0.29, 0.717) is 18.7 Å². The van der Waals surface area contributed by atoms with E-state index in [4.69, 9.17) is 0 Å². The van der Waals surface area contributed by atoms with Crippen LogP contribution in [-0.4, -0.2) is 53.4 Å². The fourth-order valence-corrected chi connectivity index (χ4v) is 3.80. The van der Waals surface area contributed by atoms with Gasteiger partial charge in [0.25, 0.3) is 5.91 Å². The predicted molar refractivity (Wildman–Crippen MR) is 132 cm³/mol. The Hall–Kier alpha value is -3.39. The van der Waals surface area contributed by atoms with Crippen molar-refractivity contribution in [3.63, 3.8) is 0 Å². The molecule has 4 rings (SSSR count). The Labute approximate surface area is 204 Å². The van der Waals surface area contributed by atoms with Crippen LogP contribution in [0.25, 0.3) is 0 Å². The summed E-state index contributed by atoms with van der Waals surface area (Å²) in [6, 6.07) is 12.4. The Morgan fingerprint density at radius 1 is 1.09 bits per heavy atom. The summed E-state index contributed by atoms with van der Waals surface area (Å²) in [5, 5.41) is 2.58. The number of halogens is 3. The van der Waals surface area contributed by atoms with Crippen LogP contribution in [0.1, 0.15) is 35.5 Å². The second-order valence-electron chi connectivity index (χ2n) is 8.31. The van der Waals surface area contributed by atoms with Crippen molar-refractivity contribution in [1.29, 1.82) is 0 Å². The van der Waals surface area contributed by atoms with Crippen LogP contribution >= 0.6 is 0 Å². The minimum atomic E-state index is -1.22. The third kappa shape index (κ3) is 6.19. The maximum absolute atomic E-state index is 14.6. The second-order valence-corrected chi connectivity index (χ2v) is 8.31. The van der Waals surface area contributed by atoms with Crippen molar-refractivity contribution in [3.8, 4) is 0 Å². The molecule has 0 atom stereocenters. The molecule has 1 fully saturated rings. The van der Waals surface area contributed by atoms with Crippen LogP contribution in [0.2, 0.25) is 0 Å². The first-order chi connectivity index (χ1) is 16.8. The van der Waals surface area contributed by atoms with Crippen molar-refractivity contribution in [2.45, 2.75) is 33.2 Å². The van der Waals surface area contributed by atoms with Crippen molar-refractivity contribution in [2.24, 2.45) is 0 Å². The minimum Gasteiger partial charge on any atom is -0.350 e. The molecule has 35 heavy (non-hydrogen) atoms. The maximum Gasteiger partial charge on any atom is 0.256 e. The molecule has 1 amide bonds. The largest absolute Gasteiger partial charge is 0.350 e. The molecule has 8 heteroatoms. The van der Waals surface area contributed by atoms with Crippen molar-refractivity contribution < 1.29 is 18.0 Å². The van der Waals surface area contributed by atoms with Gasteiger partial charge in [-0.25, -0.2) is 13.2 Å². The molecule has 1 saturated heterocycles. The van der Waals surface area contributed by atoms with E-state index in [-0.39, 0.29) is 23.0 Å². The lowest BCUT2D eigenvalue weighted by molar-refractivity contribution is 0.0343. The molecule has 0 radical (unpaired) electrons. The van der Waals surface area contributed by atoms with Gasteiger partial charge in [0.15, 0.2) is 11.6 Å². The number of hydrogen-bond donors (Lipinski definition) is 1. The summed E-state index contributed by atoms with van der Waals surface area (Å²) in [7, 11) is 1.99. The van der Waals surface area contributed by atoms with E-state index in [1.807, 2.05) is 39.1 Å².